The lowest BCUT2D eigenvalue weighted by Crippen LogP contribution is -2.31. The number of nitrogens with one attached hydrogen (secondary N) is 1. The summed E-state index contributed by atoms with van der Waals surface area (Å²) in [5, 5.41) is 3.07. The lowest BCUT2D eigenvalue weighted by Gasteiger charge is -2.26. The first-order chi connectivity index (χ1) is 11.7. The predicted molar refractivity (Wildman–Crippen MR) is 92.0 cm³/mol. The molecule has 2 aliphatic heterocycles. The third-order valence-corrected chi connectivity index (χ3v) is 5.59. The van der Waals surface area contributed by atoms with Crippen LogP contribution in [0.1, 0.15) is 29.2 Å². The first-order valence-electron chi connectivity index (χ1n) is 8.15. The number of benzene rings is 2. The minimum atomic E-state index is -0.255. The quantitative estimate of drug-likeness (QED) is 0.924. The molecule has 5 heteroatoms. The minimum absolute atomic E-state index is 0.0269. The molecule has 1 unspecified atom stereocenters. The fraction of sp³-hybridized carbons (Fsp3) is 0.316. The van der Waals surface area contributed by atoms with Gasteiger partial charge in [0.2, 0.25) is 5.91 Å². The highest BCUT2D eigenvalue weighted by Crippen LogP contribution is 2.36. The Kier molecular flexibility index (Phi) is 4.19. The van der Waals surface area contributed by atoms with Crippen molar-refractivity contribution in [2.75, 3.05) is 12.4 Å². The fourth-order valence-corrected chi connectivity index (χ4v) is 4.40. The van der Waals surface area contributed by atoms with Crippen LogP contribution < -0.4 is 10.1 Å². The summed E-state index contributed by atoms with van der Waals surface area (Å²) in [6.45, 7) is 0.715. The number of carbonyl (C=O) groups excluding carboxylic acids is 1. The van der Waals surface area contributed by atoms with Crippen LogP contribution in [0.2, 0.25) is 0 Å². The fourth-order valence-electron chi connectivity index (χ4n) is 3.30. The van der Waals surface area contributed by atoms with Crippen molar-refractivity contribution in [2.24, 2.45) is 0 Å². The lowest BCUT2D eigenvalue weighted by atomic mass is 10.0. The molecule has 2 aromatic rings. The van der Waals surface area contributed by atoms with E-state index in [2.05, 4.69) is 5.32 Å². The molecule has 0 aliphatic carbocycles. The Bertz CT molecular complexity index is 793. The molecule has 2 aromatic carbocycles. The van der Waals surface area contributed by atoms with Gasteiger partial charge in [-0.05, 0) is 47.4 Å². The van der Waals surface area contributed by atoms with Crippen LogP contribution in [0, 0.1) is 5.82 Å². The maximum atomic E-state index is 13.5. The van der Waals surface area contributed by atoms with Crippen molar-refractivity contribution < 1.29 is 13.9 Å². The first-order valence-corrected chi connectivity index (χ1v) is 9.14. The first kappa shape index (κ1) is 15.5. The van der Waals surface area contributed by atoms with Gasteiger partial charge in [0.15, 0.2) is 0 Å². The normalized spacial score (nSPS) is 18.5. The summed E-state index contributed by atoms with van der Waals surface area (Å²) >= 11 is 1.71. The zero-order chi connectivity index (χ0) is 16.5. The van der Waals surface area contributed by atoms with Gasteiger partial charge in [0, 0.05) is 17.1 Å². The monoisotopic (exact) mass is 343 g/mol. The van der Waals surface area contributed by atoms with Crippen LogP contribution in [0.4, 0.5) is 4.39 Å². The maximum Gasteiger partial charge on any atom is 0.224 e. The standard InChI is InChI=1S/C19H18FNO2S/c20-14-2-4-18-15(11-14)16(6-8-24-18)21-19(22)10-12-1-3-17-13(9-12)5-7-23-17/h1-4,9,11,16H,5-8,10H2,(H,21,22). The van der Waals surface area contributed by atoms with Crippen molar-refractivity contribution in [1.82, 2.24) is 5.32 Å². The molecule has 2 heterocycles. The number of thioether (sulfide) groups is 1. The molecule has 1 N–H and O–H groups in total. The maximum absolute atomic E-state index is 13.5. The number of hydrogen-bond acceptors (Lipinski definition) is 3. The molecule has 2 aliphatic rings. The van der Waals surface area contributed by atoms with Crippen molar-refractivity contribution in [3.8, 4) is 5.75 Å². The van der Waals surface area contributed by atoms with E-state index < -0.39 is 0 Å². The Morgan fingerprint density at radius 1 is 1.29 bits per heavy atom. The molecular weight excluding hydrogens is 325 g/mol. The molecule has 0 bridgehead atoms. The molecular formula is C19H18FNO2S. The van der Waals surface area contributed by atoms with Crippen LogP contribution in [0.5, 0.6) is 5.75 Å². The number of ether oxygens (including phenoxy) is 1. The van der Waals surface area contributed by atoms with Gasteiger partial charge in [0.1, 0.15) is 11.6 Å². The number of carbonyl (C=O) groups is 1. The van der Waals surface area contributed by atoms with Crippen LogP contribution in [-0.4, -0.2) is 18.3 Å². The van der Waals surface area contributed by atoms with E-state index >= 15 is 0 Å². The molecule has 24 heavy (non-hydrogen) atoms. The van der Waals surface area contributed by atoms with E-state index in [1.807, 2.05) is 18.2 Å². The van der Waals surface area contributed by atoms with Crippen LogP contribution in [0.15, 0.2) is 41.3 Å². The third-order valence-electron chi connectivity index (χ3n) is 4.47. The lowest BCUT2D eigenvalue weighted by molar-refractivity contribution is -0.121. The summed E-state index contributed by atoms with van der Waals surface area (Å²) in [4.78, 5) is 13.5. The summed E-state index contributed by atoms with van der Waals surface area (Å²) in [5.41, 5.74) is 3.05. The zero-order valence-electron chi connectivity index (χ0n) is 13.2. The average molecular weight is 343 g/mol. The van der Waals surface area contributed by atoms with E-state index in [0.717, 1.165) is 40.4 Å². The van der Waals surface area contributed by atoms with E-state index in [1.165, 1.54) is 11.6 Å². The Balaban J connectivity index is 1.46. The number of halogens is 1. The topological polar surface area (TPSA) is 38.3 Å². The van der Waals surface area contributed by atoms with E-state index in [9.17, 15) is 9.18 Å². The van der Waals surface area contributed by atoms with E-state index in [-0.39, 0.29) is 17.8 Å². The molecule has 4 rings (SSSR count). The van der Waals surface area contributed by atoms with Gasteiger partial charge >= 0.3 is 0 Å². The van der Waals surface area contributed by atoms with Crippen molar-refractivity contribution in [2.45, 2.75) is 30.2 Å². The highest BCUT2D eigenvalue weighted by molar-refractivity contribution is 7.99. The van der Waals surface area contributed by atoms with Gasteiger partial charge in [0.05, 0.1) is 19.1 Å². The average Bonchev–Trinajstić information content (AvgIpc) is 3.03. The predicted octanol–water partition coefficient (Wildman–Crippen LogP) is 3.66. The Labute approximate surface area is 144 Å². The van der Waals surface area contributed by atoms with Gasteiger partial charge in [-0.15, -0.1) is 11.8 Å². The van der Waals surface area contributed by atoms with Crippen molar-refractivity contribution >= 4 is 17.7 Å². The van der Waals surface area contributed by atoms with Crippen molar-refractivity contribution in [3.63, 3.8) is 0 Å². The molecule has 0 fully saturated rings. The molecule has 1 amide bonds. The molecule has 0 spiro atoms. The van der Waals surface area contributed by atoms with E-state index in [0.29, 0.717) is 13.0 Å². The van der Waals surface area contributed by atoms with E-state index in [1.54, 1.807) is 23.9 Å². The molecule has 124 valence electrons. The number of rotatable bonds is 3. The smallest absolute Gasteiger partial charge is 0.224 e. The van der Waals surface area contributed by atoms with Crippen LogP contribution in [0.3, 0.4) is 0 Å². The summed E-state index contributed by atoms with van der Waals surface area (Å²) in [6, 6.07) is 10.6. The second-order valence-electron chi connectivity index (χ2n) is 6.16. The third kappa shape index (κ3) is 3.13. The Hall–Kier alpha value is -2.01. The summed E-state index contributed by atoms with van der Waals surface area (Å²) in [5.74, 6) is 1.57. The summed E-state index contributed by atoms with van der Waals surface area (Å²) in [6.07, 6.45) is 2.06. The largest absolute Gasteiger partial charge is 0.493 e. The summed E-state index contributed by atoms with van der Waals surface area (Å²) in [7, 11) is 0. The second kappa shape index (κ2) is 6.48. The van der Waals surface area contributed by atoms with Crippen molar-refractivity contribution in [1.29, 1.82) is 0 Å². The van der Waals surface area contributed by atoms with E-state index in [4.69, 9.17) is 4.74 Å². The molecule has 3 nitrogen and oxygen atoms in total. The van der Waals surface area contributed by atoms with Gasteiger partial charge in [-0.2, -0.15) is 0 Å². The Morgan fingerprint density at radius 3 is 3.12 bits per heavy atom. The molecule has 0 aromatic heterocycles. The molecule has 0 saturated carbocycles. The molecule has 0 saturated heterocycles. The van der Waals surface area contributed by atoms with Crippen molar-refractivity contribution in [3.05, 3.63) is 58.9 Å². The van der Waals surface area contributed by atoms with Crippen LogP contribution in [0.25, 0.3) is 0 Å². The van der Waals surface area contributed by atoms with Gasteiger partial charge in [-0.1, -0.05) is 12.1 Å². The number of fused-ring (bicyclic) bond motifs is 2. The summed E-state index contributed by atoms with van der Waals surface area (Å²) < 4.78 is 19.0. The second-order valence-corrected chi connectivity index (χ2v) is 7.29. The van der Waals surface area contributed by atoms with Gasteiger partial charge < -0.3 is 10.1 Å². The highest BCUT2D eigenvalue weighted by Gasteiger charge is 2.23. The number of amides is 1. The van der Waals surface area contributed by atoms with Gasteiger partial charge in [-0.3, -0.25) is 4.79 Å². The minimum Gasteiger partial charge on any atom is -0.493 e. The SMILES string of the molecule is O=C(Cc1ccc2c(c1)CCO2)NC1CCSc2ccc(F)cc21. The molecule has 1 atom stereocenters. The van der Waals surface area contributed by atoms with Crippen LogP contribution in [-0.2, 0) is 17.6 Å². The van der Waals surface area contributed by atoms with Gasteiger partial charge in [0.25, 0.3) is 0 Å². The number of hydrogen-bond donors (Lipinski definition) is 1. The van der Waals surface area contributed by atoms with Gasteiger partial charge in [-0.25, -0.2) is 4.39 Å². The zero-order valence-corrected chi connectivity index (χ0v) is 14.0. The Morgan fingerprint density at radius 2 is 2.21 bits per heavy atom. The molecule has 0 radical (unpaired) electrons. The highest BCUT2D eigenvalue weighted by atomic mass is 32.2. The van der Waals surface area contributed by atoms with Crippen LogP contribution >= 0.6 is 11.8 Å².